The van der Waals surface area contributed by atoms with Crippen molar-refractivity contribution in [2.45, 2.75) is 0 Å². The van der Waals surface area contributed by atoms with Crippen molar-refractivity contribution in [3.05, 3.63) is 16.9 Å². The minimum atomic E-state index is -0.767. The molecule has 7 nitrogen and oxygen atoms in total. The number of hydrogen-bond donors (Lipinski definition) is 2. The molecule has 8 heteroatoms. The highest BCUT2D eigenvalue weighted by atomic mass is 35.5. The Hall–Kier alpha value is -1.76. The number of nitrogens with one attached hydrogen (secondary N) is 2. The lowest BCUT2D eigenvalue weighted by molar-refractivity contribution is 0.0911. The summed E-state index contributed by atoms with van der Waals surface area (Å²) in [6, 6.07) is 1.37. The zero-order valence-electron chi connectivity index (χ0n) is 8.07. The van der Waals surface area contributed by atoms with Crippen LogP contribution in [-0.2, 0) is 11.8 Å². The zero-order valence-corrected chi connectivity index (χ0v) is 8.83. The smallest absolute Gasteiger partial charge is 0.425 e. The van der Waals surface area contributed by atoms with Crippen molar-refractivity contribution in [2.24, 2.45) is 7.05 Å². The molecule has 1 heterocycles. The SMILES string of the molecule is COC(=O)NNC(=O)c1cc(Cl)nn1C. The summed E-state index contributed by atoms with van der Waals surface area (Å²) in [6.45, 7) is 0. The Labute approximate surface area is 90.3 Å². The summed E-state index contributed by atoms with van der Waals surface area (Å²) in [5.74, 6) is -0.540. The van der Waals surface area contributed by atoms with Crippen LogP contribution in [0.5, 0.6) is 0 Å². The molecule has 0 bridgehead atoms. The van der Waals surface area contributed by atoms with E-state index in [2.05, 4.69) is 15.3 Å². The summed E-state index contributed by atoms with van der Waals surface area (Å²) in [5, 5.41) is 3.95. The first-order valence-corrected chi connectivity index (χ1v) is 4.26. The van der Waals surface area contributed by atoms with E-state index in [-0.39, 0.29) is 10.8 Å². The largest absolute Gasteiger partial charge is 0.452 e. The van der Waals surface area contributed by atoms with Gasteiger partial charge in [-0.1, -0.05) is 11.6 Å². The van der Waals surface area contributed by atoms with Gasteiger partial charge in [0.05, 0.1) is 7.11 Å². The number of methoxy groups -OCH3 is 1. The molecule has 1 aromatic heterocycles. The molecule has 0 fully saturated rings. The summed E-state index contributed by atoms with van der Waals surface area (Å²) < 4.78 is 5.55. The second-order valence-electron chi connectivity index (χ2n) is 2.55. The third kappa shape index (κ3) is 2.84. The van der Waals surface area contributed by atoms with Crippen molar-refractivity contribution in [1.29, 1.82) is 0 Å². The number of carbonyl (C=O) groups excluding carboxylic acids is 2. The van der Waals surface area contributed by atoms with Crippen molar-refractivity contribution >= 4 is 23.6 Å². The lowest BCUT2D eigenvalue weighted by Gasteiger charge is -2.05. The van der Waals surface area contributed by atoms with E-state index >= 15 is 0 Å². The van der Waals surface area contributed by atoms with Crippen LogP contribution in [0.15, 0.2) is 6.07 Å². The predicted octanol–water partition coefficient (Wildman–Crippen LogP) is 0.0743. The van der Waals surface area contributed by atoms with Gasteiger partial charge < -0.3 is 4.74 Å². The summed E-state index contributed by atoms with van der Waals surface area (Å²) in [4.78, 5) is 22.0. The summed E-state index contributed by atoms with van der Waals surface area (Å²) in [5.41, 5.74) is 4.36. The quantitative estimate of drug-likeness (QED) is 0.672. The van der Waals surface area contributed by atoms with Crippen molar-refractivity contribution in [3.63, 3.8) is 0 Å². The molecule has 0 spiro atoms. The molecule has 0 aliphatic heterocycles. The minimum Gasteiger partial charge on any atom is -0.452 e. The van der Waals surface area contributed by atoms with Gasteiger partial charge in [-0.25, -0.2) is 10.2 Å². The molecule has 0 atom stereocenters. The standard InChI is InChI=1S/C7H9ClN4O3/c1-12-4(3-5(8)11-12)6(13)9-10-7(14)15-2/h3H,1-2H3,(H,9,13)(H,10,14). The molecule has 0 radical (unpaired) electrons. The number of hydrazine groups is 1. The molecule has 0 unspecified atom stereocenters. The maximum absolute atomic E-state index is 11.4. The Balaban J connectivity index is 2.61. The molecule has 0 aliphatic carbocycles. The van der Waals surface area contributed by atoms with Crippen molar-refractivity contribution in [1.82, 2.24) is 20.6 Å². The third-order valence-corrected chi connectivity index (χ3v) is 1.73. The highest BCUT2D eigenvalue weighted by molar-refractivity contribution is 6.29. The maximum Gasteiger partial charge on any atom is 0.425 e. The van der Waals surface area contributed by atoms with Crippen LogP contribution in [0.2, 0.25) is 5.15 Å². The topological polar surface area (TPSA) is 85.2 Å². The van der Waals surface area contributed by atoms with E-state index in [0.717, 1.165) is 0 Å². The predicted molar refractivity (Wildman–Crippen MR) is 51.2 cm³/mol. The number of rotatable bonds is 1. The van der Waals surface area contributed by atoms with E-state index in [4.69, 9.17) is 11.6 Å². The number of halogens is 1. The summed E-state index contributed by atoms with van der Waals surface area (Å²) in [7, 11) is 2.74. The molecule has 0 saturated carbocycles. The van der Waals surface area contributed by atoms with Gasteiger partial charge in [0.1, 0.15) is 5.69 Å². The van der Waals surface area contributed by atoms with Gasteiger partial charge in [-0.3, -0.25) is 14.9 Å². The highest BCUT2D eigenvalue weighted by Gasteiger charge is 2.12. The van der Waals surface area contributed by atoms with Gasteiger partial charge in [-0.2, -0.15) is 5.10 Å². The van der Waals surface area contributed by atoms with Crippen LogP contribution in [0.1, 0.15) is 10.5 Å². The van der Waals surface area contributed by atoms with Gasteiger partial charge in [0, 0.05) is 13.1 Å². The average molecular weight is 233 g/mol. The van der Waals surface area contributed by atoms with Gasteiger partial charge in [-0.05, 0) is 0 Å². The highest BCUT2D eigenvalue weighted by Crippen LogP contribution is 2.07. The van der Waals surface area contributed by atoms with Crippen molar-refractivity contribution in [2.75, 3.05) is 7.11 Å². The van der Waals surface area contributed by atoms with Gasteiger partial charge >= 0.3 is 6.09 Å². The van der Waals surface area contributed by atoms with Crippen LogP contribution in [0.3, 0.4) is 0 Å². The van der Waals surface area contributed by atoms with E-state index in [1.54, 1.807) is 7.05 Å². The Morgan fingerprint density at radius 3 is 2.67 bits per heavy atom. The fourth-order valence-electron chi connectivity index (χ4n) is 0.868. The number of aryl methyl sites for hydroxylation is 1. The molecule has 2 N–H and O–H groups in total. The first-order valence-electron chi connectivity index (χ1n) is 3.88. The van der Waals surface area contributed by atoms with Gasteiger partial charge in [0.15, 0.2) is 5.15 Å². The molecule has 0 saturated heterocycles. The number of hydrogen-bond acceptors (Lipinski definition) is 4. The normalized spacial score (nSPS) is 9.53. The Kier molecular flexibility index (Phi) is 3.51. The molecule has 2 amide bonds. The Morgan fingerprint density at radius 1 is 1.53 bits per heavy atom. The van der Waals surface area contributed by atoms with Crippen LogP contribution < -0.4 is 10.9 Å². The number of carbonyl (C=O) groups is 2. The van der Waals surface area contributed by atoms with Crippen molar-refractivity contribution in [3.8, 4) is 0 Å². The van der Waals surface area contributed by atoms with Crippen LogP contribution >= 0.6 is 11.6 Å². The third-order valence-electron chi connectivity index (χ3n) is 1.55. The number of ether oxygens (including phenoxy) is 1. The fraction of sp³-hybridized carbons (Fsp3) is 0.286. The fourth-order valence-corrected chi connectivity index (χ4v) is 1.08. The molecule has 1 rings (SSSR count). The molecular weight excluding hydrogens is 224 g/mol. The molecule has 82 valence electrons. The van der Waals surface area contributed by atoms with Gasteiger partial charge in [0.25, 0.3) is 5.91 Å². The summed E-state index contributed by atoms with van der Waals surface area (Å²) >= 11 is 5.58. The number of amides is 2. The van der Waals surface area contributed by atoms with E-state index in [1.165, 1.54) is 17.9 Å². The van der Waals surface area contributed by atoms with Crippen molar-refractivity contribution < 1.29 is 14.3 Å². The lowest BCUT2D eigenvalue weighted by atomic mass is 10.4. The van der Waals surface area contributed by atoms with E-state index < -0.39 is 12.0 Å². The average Bonchev–Trinajstić information content (AvgIpc) is 2.53. The number of aromatic nitrogens is 2. The molecule has 1 aromatic rings. The monoisotopic (exact) mass is 232 g/mol. The van der Waals surface area contributed by atoms with Crippen LogP contribution in [0.4, 0.5) is 4.79 Å². The molecule has 0 aromatic carbocycles. The molecular formula is C7H9ClN4O3. The Bertz CT molecular complexity index is 390. The van der Waals surface area contributed by atoms with E-state index in [1.807, 2.05) is 5.43 Å². The second-order valence-corrected chi connectivity index (χ2v) is 2.93. The van der Waals surface area contributed by atoms with Gasteiger partial charge in [0.2, 0.25) is 0 Å². The lowest BCUT2D eigenvalue weighted by Crippen LogP contribution is -2.42. The van der Waals surface area contributed by atoms with Gasteiger partial charge in [-0.15, -0.1) is 0 Å². The first-order chi connectivity index (χ1) is 7.04. The van der Waals surface area contributed by atoms with Crippen LogP contribution in [0.25, 0.3) is 0 Å². The molecule has 15 heavy (non-hydrogen) atoms. The first kappa shape index (κ1) is 11.3. The van der Waals surface area contributed by atoms with E-state index in [9.17, 15) is 9.59 Å². The minimum absolute atomic E-state index is 0.195. The Morgan fingerprint density at radius 2 is 2.20 bits per heavy atom. The van der Waals surface area contributed by atoms with Crippen LogP contribution in [-0.4, -0.2) is 28.9 Å². The molecule has 0 aliphatic rings. The van der Waals surface area contributed by atoms with E-state index in [0.29, 0.717) is 0 Å². The summed E-state index contributed by atoms with van der Waals surface area (Å²) in [6.07, 6.45) is -0.767. The maximum atomic E-state index is 11.4. The van der Waals surface area contributed by atoms with Crippen LogP contribution in [0, 0.1) is 0 Å². The zero-order chi connectivity index (χ0) is 11.4. The second kappa shape index (κ2) is 4.65. The number of nitrogens with zero attached hydrogens (tertiary/aromatic N) is 2.